The van der Waals surface area contributed by atoms with Crippen molar-refractivity contribution in [2.45, 2.75) is 6.54 Å². The molecule has 20 heavy (non-hydrogen) atoms. The highest BCUT2D eigenvalue weighted by Gasteiger charge is 2.18. The van der Waals surface area contributed by atoms with Crippen molar-refractivity contribution in [1.29, 1.82) is 0 Å². The molecule has 1 fully saturated rings. The van der Waals surface area contributed by atoms with Crippen LogP contribution in [0.25, 0.3) is 0 Å². The normalized spacial score (nSPS) is 15.7. The highest BCUT2D eigenvalue weighted by molar-refractivity contribution is 9.10. The van der Waals surface area contributed by atoms with Crippen molar-refractivity contribution >= 4 is 21.8 Å². The highest BCUT2D eigenvalue weighted by Crippen LogP contribution is 2.20. The zero-order valence-corrected chi connectivity index (χ0v) is 13.1. The summed E-state index contributed by atoms with van der Waals surface area (Å²) in [5, 5.41) is 3.21. The molecule has 1 saturated heterocycles. The summed E-state index contributed by atoms with van der Waals surface area (Å²) < 4.78 is 14.5. The summed E-state index contributed by atoms with van der Waals surface area (Å²) >= 11 is 3.35. The van der Waals surface area contributed by atoms with Gasteiger partial charge in [-0.15, -0.1) is 0 Å². The molecule has 1 amide bonds. The average molecular weight is 344 g/mol. The third-order valence-electron chi connectivity index (χ3n) is 3.36. The first-order chi connectivity index (χ1) is 9.58. The van der Waals surface area contributed by atoms with Crippen LogP contribution >= 0.6 is 15.9 Å². The first kappa shape index (κ1) is 15.4. The fourth-order valence-electron chi connectivity index (χ4n) is 2.25. The van der Waals surface area contributed by atoms with Gasteiger partial charge in [0.05, 0.1) is 6.54 Å². The van der Waals surface area contributed by atoms with Crippen molar-refractivity contribution < 1.29 is 9.18 Å². The monoisotopic (exact) mass is 343 g/mol. The van der Waals surface area contributed by atoms with Crippen LogP contribution in [0, 0.1) is 5.82 Å². The molecule has 0 unspecified atom stereocenters. The second-order valence-electron chi connectivity index (χ2n) is 5.00. The fourth-order valence-corrected chi connectivity index (χ4v) is 2.72. The van der Waals surface area contributed by atoms with Crippen LogP contribution in [-0.4, -0.2) is 55.5 Å². The van der Waals surface area contributed by atoms with E-state index in [0.717, 1.165) is 30.7 Å². The number of nitrogens with zero attached hydrogens (tertiary/aromatic N) is 2. The van der Waals surface area contributed by atoms with Crippen molar-refractivity contribution in [3.63, 3.8) is 0 Å². The Morgan fingerprint density at radius 1 is 1.45 bits per heavy atom. The zero-order chi connectivity index (χ0) is 14.5. The van der Waals surface area contributed by atoms with E-state index >= 15 is 0 Å². The van der Waals surface area contributed by atoms with E-state index in [1.54, 1.807) is 6.07 Å². The van der Waals surface area contributed by atoms with E-state index in [0.29, 0.717) is 18.7 Å². The second-order valence-corrected chi connectivity index (χ2v) is 5.86. The van der Waals surface area contributed by atoms with Crippen molar-refractivity contribution in [3.8, 4) is 0 Å². The number of halogens is 2. The minimum Gasteiger partial charge on any atom is -0.339 e. The SMILES string of the molecule is CN(CC(=O)N1CCNCC1)Cc1c(F)cccc1Br. The second kappa shape index (κ2) is 7.15. The number of hydrogen-bond acceptors (Lipinski definition) is 3. The first-order valence-corrected chi connectivity index (χ1v) is 7.47. The molecule has 0 spiro atoms. The molecule has 0 atom stereocenters. The smallest absolute Gasteiger partial charge is 0.236 e. The quantitative estimate of drug-likeness (QED) is 0.898. The molecule has 4 nitrogen and oxygen atoms in total. The summed E-state index contributed by atoms with van der Waals surface area (Å²) in [6, 6.07) is 4.91. The average Bonchev–Trinajstić information content (AvgIpc) is 2.44. The molecule has 1 aromatic carbocycles. The van der Waals surface area contributed by atoms with Gasteiger partial charge < -0.3 is 10.2 Å². The Morgan fingerprint density at radius 3 is 2.80 bits per heavy atom. The molecule has 1 aliphatic rings. The van der Waals surface area contributed by atoms with Gasteiger partial charge in [0, 0.05) is 42.8 Å². The summed E-state index contributed by atoms with van der Waals surface area (Å²) in [6.45, 7) is 3.89. The van der Waals surface area contributed by atoms with Crippen LogP contribution in [-0.2, 0) is 11.3 Å². The molecule has 0 bridgehead atoms. The Morgan fingerprint density at radius 2 is 2.15 bits per heavy atom. The number of carbonyl (C=O) groups excluding carboxylic acids is 1. The van der Waals surface area contributed by atoms with Gasteiger partial charge >= 0.3 is 0 Å². The van der Waals surface area contributed by atoms with Crippen LogP contribution in [0.4, 0.5) is 4.39 Å². The number of nitrogens with one attached hydrogen (secondary N) is 1. The molecule has 0 saturated carbocycles. The lowest BCUT2D eigenvalue weighted by atomic mass is 10.2. The van der Waals surface area contributed by atoms with Gasteiger partial charge in [-0.2, -0.15) is 0 Å². The largest absolute Gasteiger partial charge is 0.339 e. The molecular weight excluding hydrogens is 325 g/mol. The Hall–Kier alpha value is -0.980. The number of likely N-dealkylation sites (N-methyl/N-ethyl adjacent to an activating group) is 1. The number of carbonyl (C=O) groups is 1. The van der Waals surface area contributed by atoms with Crippen molar-refractivity contribution in [2.24, 2.45) is 0 Å². The Labute approximate surface area is 127 Å². The van der Waals surface area contributed by atoms with Crippen LogP contribution in [0.1, 0.15) is 5.56 Å². The van der Waals surface area contributed by atoms with Gasteiger partial charge in [0.2, 0.25) is 5.91 Å². The third-order valence-corrected chi connectivity index (χ3v) is 4.11. The highest BCUT2D eigenvalue weighted by atomic mass is 79.9. The zero-order valence-electron chi connectivity index (χ0n) is 11.5. The Bertz CT molecular complexity index is 457. The predicted octanol–water partition coefficient (Wildman–Crippen LogP) is 1.45. The predicted molar refractivity (Wildman–Crippen MR) is 79.9 cm³/mol. The van der Waals surface area contributed by atoms with Gasteiger partial charge in [0.1, 0.15) is 5.82 Å². The van der Waals surface area contributed by atoms with Gasteiger partial charge in [-0.05, 0) is 19.2 Å². The number of hydrogen-bond donors (Lipinski definition) is 1. The topological polar surface area (TPSA) is 35.6 Å². The minimum atomic E-state index is -0.249. The van der Waals surface area contributed by atoms with Crippen molar-refractivity contribution in [2.75, 3.05) is 39.8 Å². The van der Waals surface area contributed by atoms with Crippen molar-refractivity contribution in [1.82, 2.24) is 15.1 Å². The van der Waals surface area contributed by atoms with E-state index in [4.69, 9.17) is 0 Å². The molecule has 0 aromatic heterocycles. The number of benzene rings is 1. The van der Waals surface area contributed by atoms with Gasteiger partial charge in [-0.3, -0.25) is 9.69 Å². The van der Waals surface area contributed by atoms with E-state index in [2.05, 4.69) is 21.2 Å². The van der Waals surface area contributed by atoms with E-state index in [1.807, 2.05) is 22.9 Å². The van der Waals surface area contributed by atoms with Gasteiger partial charge in [0.25, 0.3) is 0 Å². The molecule has 1 N–H and O–H groups in total. The summed E-state index contributed by atoms with van der Waals surface area (Å²) in [4.78, 5) is 15.8. The van der Waals surface area contributed by atoms with Gasteiger partial charge in [-0.25, -0.2) is 4.39 Å². The lowest BCUT2D eigenvalue weighted by Crippen LogP contribution is -2.49. The van der Waals surface area contributed by atoms with E-state index < -0.39 is 0 Å². The van der Waals surface area contributed by atoms with E-state index in [1.165, 1.54) is 6.07 Å². The molecule has 1 aromatic rings. The van der Waals surface area contributed by atoms with Crippen LogP contribution in [0.3, 0.4) is 0 Å². The molecular formula is C14H19BrFN3O. The lowest BCUT2D eigenvalue weighted by Gasteiger charge is -2.29. The first-order valence-electron chi connectivity index (χ1n) is 6.68. The molecule has 0 aliphatic carbocycles. The molecule has 2 rings (SSSR count). The molecule has 6 heteroatoms. The maximum Gasteiger partial charge on any atom is 0.236 e. The summed E-state index contributed by atoms with van der Waals surface area (Å²) in [6.07, 6.45) is 0. The van der Waals surface area contributed by atoms with Crippen molar-refractivity contribution in [3.05, 3.63) is 34.1 Å². The molecule has 0 radical (unpaired) electrons. The van der Waals surface area contributed by atoms with Crippen LogP contribution in [0.5, 0.6) is 0 Å². The third kappa shape index (κ3) is 4.01. The maximum atomic E-state index is 13.7. The summed E-state index contributed by atoms with van der Waals surface area (Å²) in [5.41, 5.74) is 0.586. The summed E-state index contributed by atoms with van der Waals surface area (Å²) in [5.74, 6) is -0.151. The Balaban J connectivity index is 1.91. The fraction of sp³-hybridized carbons (Fsp3) is 0.500. The maximum absolute atomic E-state index is 13.7. The minimum absolute atomic E-state index is 0.0986. The van der Waals surface area contributed by atoms with E-state index in [-0.39, 0.29) is 11.7 Å². The number of amides is 1. The lowest BCUT2D eigenvalue weighted by molar-refractivity contribution is -0.132. The molecule has 1 aliphatic heterocycles. The number of rotatable bonds is 4. The van der Waals surface area contributed by atoms with Crippen LogP contribution in [0.15, 0.2) is 22.7 Å². The van der Waals surface area contributed by atoms with Gasteiger partial charge in [0.15, 0.2) is 0 Å². The van der Waals surface area contributed by atoms with Crippen LogP contribution < -0.4 is 5.32 Å². The molecule has 110 valence electrons. The van der Waals surface area contributed by atoms with Crippen LogP contribution in [0.2, 0.25) is 0 Å². The summed E-state index contributed by atoms with van der Waals surface area (Å²) in [7, 11) is 1.83. The molecule has 1 heterocycles. The van der Waals surface area contributed by atoms with Gasteiger partial charge in [-0.1, -0.05) is 22.0 Å². The van der Waals surface area contributed by atoms with E-state index in [9.17, 15) is 9.18 Å². The number of piperazine rings is 1. The standard InChI is InChI=1S/C14H19BrFN3O/c1-18(9-11-12(15)3-2-4-13(11)16)10-14(20)19-7-5-17-6-8-19/h2-4,17H,5-10H2,1H3. The Kier molecular flexibility index (Phi) is 5.51.